The summed E-state index contributed by atoms with van der Waals surface area (Å²) in [7, 11) is 3.24. The lowest BCUT2D eigenvalue weighted by atomic mass is 10.1. The molecular weight excluding hydrogens is 386 g/mol. The quantitative estimate of drug-likeness (QED) is 0.499. The number of nitrogens with zero attached hydrogens (tertiary/aromatic N) is 5. The standard InChI is InChI=1S/C21H19N5O4/c1-27-14-9-7-13(8-10-14)18-11-26-16(12-29-18)19(23-25-26)20-22-21(30-24-20)15-5-3-4-6-17(15)28-2/h3-10,18H,11-12H2,1-2H3/t18-/m1/s1. The highest BCUT2D eigenvalue weighted by Crippen LogP contribution is 2.33. The van der Waals surface area contributed by atoms with Crippen LogP contribution in [0.1, 0.15) is 17.4 Å². The molecule has 3 heterocycles. The van der Waals surface area contributed by atoms with Crippen molar-refractivity contribution in [3.05, 3.63) is 59.8 Å². The maximum atomic E-state index is 6.06. The summed E-state index contributed by atoms with van der Waals surface area (Å²) in [4.78, 5) is 4.49. The van der Waals surface area contributed by atoms with Gasteiger partial charge in [-0.15, -0.1) is 5.10 Å². The Labute approximate surface area is 172 Å². The Morgan fingerprint density at radius 2 is 1.87 bits per heavy atom. The van der Waals surface area contributed by atoms with E-state index in [9.17, 15) is 0 Å². The summed E-state index contributed by atoms with van der Waals surface area (Å²) in [6.07, 6.45) is -0.118. The third-order valence-corrected chi connectivity index (χ3v) is 5.06. The van der Waals surface area contributed by atoms with Gasteiger partial charge in [-0.3, -0.25) is 0 Å². The smallest absolute Gasteiger partial charge is 0.262 e. The minimum atomic E-state index is -0.118. The minimum absolute atomic E-state index is 0.118. The van der Waals surface area contributed by atoms with E-state index in [0.29, 0.717) is 36.3 Å². The van der Waals surface area contributed by atoms with Gasteiger partial charge in [0, 0.05) is 0 Å². The summed E-state index contributed by atoms with van der Waals surface area (Å²) < 4.78 is 23.9. The molecule has 0 fully saturated rings. The van der Waals surface area contributed by atoms with Crippen LogP contribution in [0.3, 0.4) is 0 Å². The number of ether oxygens (including phenoxy) is 3. The molecule has 0 bridgehead atoms. The zero-order chi connectivity index (χ0) is 20.5. The van der Waals surface area contributed by atoms with Gasteiger partial charge < -0.3 is 18.7 Å². The maximum absolute atomic E-state index is 6.06. The molecule has 9 nitrogen and oxygen atoms in total. The number of hydrogen-bond acceptors (Lipinski definition) is 8. The highest BCUT2D eigenvalue weighted by atomic mass is 16.5. The number of para-hydroxylation sites is 1. The zero-order valence-electron chi connectivity index (χ0n) is 16.5. The summed E-state index contributed by atoms with van der Waals surface area (Å²) in [6.45, 7) is 0.892. The fourth-order valence-electron chi connectivity index (χ4n) is 3.46. The SMILES string of the molecule is COc1ccc([C@H]2Cn3nnc(-c4noc(-c5ccccc5OC)n4)c3CO2)cc1. The van der Waals surface area contributed by atoms with Crippen LogP contribution in [0.15, 0.2) is 53.1 Å². The summed E-state index contributed by atoms with van der Waals surface area (Å²) in [5.41, 5.74) is 3.13. The Bertz CT molecular complexity index is 1170. The summed E-state index contributed by atoms with van der Waals surface area (Å²) in [5.74, 6) is 2.19. The van der Waals surface area contributed by atoms with Crippen molar-refractivity contribution < 1.29 is 18.7 Å². The molecule has 0 amide bonds. The average molecular weight is 405 g/mol. The molecule has 9 heteroatoms. The van der Waals surface area contributed by atoms with Gasteiger partial charge in [0.1, 0.15) is 17.6 Å². The first-order valence-electron chi connectivity index (χ1n) is 9.42. The molecule has 0 radical (unpaired) electrons. The van der Waals surface area contributed by atoms with Crippen molar-refractivity contribution in [2.45, 2.75) is 19.3 Å². The molecule has 0 unspecified atom stereocenters. The first-order valence-corrected chi connectivity index (χ1v) is 9.42. The fraction of sp³-hybridized carbons (Fsp3) is 0.238. The van der Waals surface area contributed by atoms with E-state index in [-0.39, 0.29) is 6.10 Å². The van der Waals surface area contributed by atoms with E-state index in [2.05, 4.69) is 20.5 Å². The van der Waals surface area contributed by atoms with E-state index in [0.717, 1.165) is 22.6 Å². The normalized spacial score (nSPS) is 15.6. The van der Waals surface area contributed by atoms with Gasteiger partial charge >= 0.3 is 0 Å². The second-order valence-electron chi connectivity index (χ2n) is 6.76. The topological polar surface area (TPSA) is 97.3 Å². The van der Waals surface area contributed by atoms with Crippen LogP contribution >= 0.6 is 0 Å². The number of aromatic nitrogens is 5. The summed E-state index contributed by atoms with van der Waals surface area (Å²) >= 11 is 0. The van der Waals surface area contributed by atoms with Crippen LogP contribution in [0.2, 0.25) is 0 Å². The van der Waals surface area contributed by atoms with Crippen molar-refractivity contribution >= 4 is 0 Å². The molecule has 2 aromatic heterocycles. The number of rotatable bonds is 5. The second-order valence-corrected chi connectivity index (χ2v) is 6.76. The number of benzene rings is 2. The number of hydrogen-bond donors (Lipinski definition) is 0. The molecule has 0 N–H and O–H groups in total. The first kappa shape index (κ1) is 18.3. The Kier molecular flexibility index (Phi) is 4.64. The molecule has 2 aromatic carbocycles. The van der Waals surface area contributed by atoms with Crippen LogP contribution in [0, 0.1) is 0 Å². The van der Waals surface area contributed by atoms with E-state index >= 15 is 0 Å². The molecule has 30 heavy (non-hydrogen) atoms. The molecule has 1 aliphatic rings. The molecular formula is C21H19N5O4. The lowest BCUT2D eigenvalue weighted by Gasteiger charge is -2.24. The highest BCUT2D eigenvalue weighted by molar-refractivity contribution is 5.64. The Morgan fingerprint density at radius 3 is 2.67 bits per heavy atom. The van der Waals surface area contributed by atoms with Crippen LogP contribution in [0.25, 0.3) is 23.0 Å². The Morgan fingerprint density at radius 1 is 1.03 bits per heavy atom. The van der Waals surface area contributed by atoms with Crippen molar-refractivity contribution in [1.29, 1.82) is 0 Å². The van der Waals surface area contributed by atoms with Gasteiger partial charge in [-0.2, -0.15) is 4.98 Å². The molecule has 1 atom stereocenters. The van der Waals surface area contributed by atoms with Crippen molar-refractivity contribution in [3.63, 3.8) is 0 Å². The van der Waals surface area contributed by atoms with E-state index < -0.39 is 0 Å². The van der Waals surface area contributed by atoms with E-state index in [4.69, 9.17) is 18.7 Å². The number of methoxy groups -OCH3 is 2. The molecule has 0 spiro atoms. The van der Waals surface area contributed by atoms with Gasteiger partial charge in [-0.05, 0) is 29.8 Å². The maximum Gasteiger partial charge on any atom is 0.262 e. The minimum Gasteiger partial charge on any atom is -0.497 e. The molecule has 5 rings (SSSR count). The number of fused-ring (bicyclic) bond motifs is 1. The monoisotopic (exact) mass is 405 g/mol. The molecule has 1 aliphatic heterocycles. The largest absolute Gasteiger partial charge is 0.497 e. The zero-order valence-corrected chi connectivity index (χ0v) is 16.5. The predicted molar refractivity (Wildman–Crippen MR) is 106 cm³/mol. The van der Waals surface area contributed by atoms with Gasteiger partial charge in [-0.25, -0.2) is 4.68 Å². The summed E-state index contributed by atoms with van der Waals surface area (Å²) in [6, 6.07) is 15.3. The van der Waals surface area contributed by atoms with Gasteiger partial charge in [-0.1, -0.05) is 34.6 Å². The Hall–Kier alpha value is -3.72. The van der Waals surface area contributed by atoms with Crippen LogP contribution < -0.4 is 9.47 Å². The van der Waals surface area contributed by atoms with Crippen molar-refractivity contribution in [3.8, 4) is 34.5 Å². The second kappa shape index (κ2) is 7.60. The molecule has 0 saturated heterocycles. The molecule has 0 saturated carbocycles. The van der Waals surface area contributed by atoms with Crippen LogP contribution in [0.5, 0.6) is 11.5 Å². The fourth-order valence-corrected chi connectivity index (χ4v) is 3.46. The van der Waals surface area contributed by atoms with E-state index in [1.165, 1.54) is 0 Å². The summed E-state index contributed by atoms with van der Waals surface area (Å²) in [5, 5.41) is 12.6. The molecule has 0 aliphatic carbocycles. The van der Waals surface area contributed by atoms with Crippen LogP contribution in [-0.4, -0.2) is 39.4 Å². The average Bonchev–Trinajstić information content (AvgIpc) is 3.45. The van der Waals surface area contributed by atoms with Crippen molar-refractivity contribution in [2.75, 3.05) is 14.2 Å². The predicted octanol–water partition coefficient (Wildman–Crippen LogP) is 3.28. The van der Waals surface area contributed by atoms with Crippen LogP contribution in [0.4, 0.5) is 0 Å². The van der Waals surface area contributed by atoms with Crippen molar-refractivity contribution in [1.82, 2.24) is 25.1 Å². The van der Waals surface area contributed by atoms with Gasteiger partial charge in [0.25, 0.3) is 5.89 Å². The lowest BCUT2D eigenvalue weighted by molar-refractivity contribution is -0.00114. The lowest BCUT2D eigenvalue weighted by Crippen LogP contribution is -2.22. The van der Waals surface area contributed by atoms with E-state index in [1.54, 1.807) is 14.2 Å². The molecule has 152 valence electrons. The van der Waals surface area contributed by atoms with Gasteiger partial charge in [0.15, 0.2) is 5.69 Å². The van der Waals surface area contributed by atoms with E-state index in [1.807, 2.05) is 53.2 Å². The first-order chi connectivity index (χ1) is 14.8. The highest BCUT2D eigenvalue weighted by Gasteiger charge is 2.28. The molecule has 4 aromatic rings. The van der Waals surface area contributed by atoms with Gasteiger partial charge in [0.2, 0.25) is 5.82 Å². The van der Waals surface area contributed by atoms with Gasteiger partial charge in [0.05, 0.1) is 38.6 Å². The Balaban J connectivity index is 1.40. The van der Waals surface area contributed by atoms with Crippen LogP contribution in [-0.2, 0) is 17.9 Å². The van der Waals surface area contributed by atoms with Crippen molar-refractivity contribution in [2.24, 2.45) is 0 Å². The third kappa shape index (κ3) is 3.18. The third-order valence-electron chi connectivity index (χ3n) is 5.06.